The van der Waals surface area contributed by atoms with Crippen molar-refractivity contribution in [1.82, 2.24) is 19.3 Å². The summed E-state index contributed by atoms with van der Waals surface area (Å²) < 4.78 is 64.7. The maximum Gasteiger partial charge on any atom is 0.351 e. The zero-order valence-electron chi connectivity index (χ0n) is 15.6. The first-order valence-corrected chi connectivity index (χ1v) is 10.3. The molecule has 0 amide bonds. The number of pyridine rings is 1. The molecule has 0 saturated heterocycles. The third kappa shape index (κ3) is 4.33. The van der Waals surface area contributed by atoms with Crippen LogP contribution in [0.4, 0.5) is 13.2 Å². The van der Waals surface area contributed by atoms with Gasteiger partial charge < -0.3 is 5.73 Å². The molecule has 0 atom stereocenters. The molecule has 0 aliphatic rings. The Kier molecular flexibility index (Phi) is 5.89. The summed E-state index contributed by atoms with van der Waals surface area (Å²) in [7, 11) is -3.37. The van der Waals surface area contributed by atoms with Gasteiger partial charge in [0.05, 0.1) is 11.4 Å². The van der Waals surface area contributed by atoms with Crippen LogP contribution < -0.4 is 11.4 Å². The average Bonchev–Trinajstić information content (AvgIpc) is 3.05. The lowest BCUT2D eigenvalue weighted by atomic mass is 10.1. The molecule has 1 aromatic carbocycles. The van der Waals surface area contributed by atoms with E-state index in [2.05, 4.69) is 10.1 Å². The van der Waals surface area contributed by atoms with Crippen molar-refractivity contribution in [1.29, 1.82) is 0 Å². The van der Waals surface area contributed by atoms with E-state index in [-0.39, 0.29) is 10.7 Å². The Morgan fingerprint density at radius 3 is 2.37 bits per heavy atom. The van der Waals surface area contributed by atoms with Gasteiger partial charge in [0.25, 0.3) is 6.08 Å². The van der Waals surface area contributed by atoms with E-state index in [0.717, 1.165) is 27.9 Å². The van der Waals surface area contributed by atoms with Crippen molar-refractivity contribution < 1.29 is 21.6 Å². The summed E-state index contributed by atoms with van der Waals surface area (Å²) in [5.74, 6) is -1.21. The molecular formula is C18H16F3N5O3S. The Labute approximate surface area is 169 Å². The second-order valence-corrected chi connectivity index (χ2v) is 8.35. The minimum atomic E-state index is -3.37. The Balaban J connectivity index is 1.93. The van der Waals surface area contributed by atoms with Gasteiger partial charge in [-0.15, -0.1) is 0 Å². The topological polar surface area (TPSA) is 113 Å². The molecule has 0 saturated carbocycles. The summed E-state index contributed by atoms with van der Waals surface area (Å²) in [5.41, 5.74) is 4.76. The van der Waals surface area contributed by atoms with Crippen LogP contribution in [0.5, 0.6) is 0 Å². The van der Waals surface area contributed by atoms with E-state index in [1.54, 1.807) is 0 Å². The third-order valence-electron chi connectivity index (χ3n) is 4.25. The first-order chi connectivity index (χ1) is 14.1. The van der Waals surface area contributed by atoms with Crippen molar-refractivity contribution in [3.05, 3.63) is 70.8 Å². The summed E-state index contributed by atoms with van der Waals surface area (Å²) in [6.45, 7) is -0.988. The highest BCUT2D eigenvalue weighted by Crippen LogP contribution is 2.23. The van der Waals surface area contributed by atoms with Gasteiger partial charge in [0.2, 0.25) is 0 Å². The van der Waals surface area contributed by atoms with Gasteiger partial charge in [0, 0.05) is 30.1 Å². The fourth-order valence-corrected chi connectivity index (χ4v) is 3.26. The molecule has 0 aliphatic carbocycles. The SMILES string of the molecule is CS(=O)(=O)c1ccc(-c2cnc(-n3cnn(CC(CN)=C(F)F)c3=O)c(F)c2)cc1. The van der Waals surface area contributed by atoms with Crippen LogP contribution >= 0.6 is 0 Å². The molecule has 12 heteroatoms. The first-order valence-electron chi connectivity index (χ1n) is 8.45. The predicted molar refractivity (Wildman–Crippen MR) is 102 cm³/mol. The molecule has 0 aliphatic heterocycles. The molecular weight excluding hydrogens is 423 g/mol. The van der Waals surface area contributed by atoms with Crippen LogP contribution in [0.2, 0.25) is 0 Å². The van der Waals surface area contributed by atoms with Crippen LogP contribution in [0, 0.1) is 5.82 Å². The fourth-order valence-electron chi connectivity index (χ4n) is 2.63. The lowest BCUT2D eigenvalue weighted by Gasteiger charge is -2.06. The number of nitrogens with two attached hydrogens (primary N) is 1. The number of rotatable bonds is 6. The molecule has 2 aromatic heterocycles. The Morgan fingerprint density at radius 1 is 1.17 bits per heavy atom. The molecule has 0 unspecified atom stereocenters. The number of hydrogen-bond acceptors (Lipinski definition) is 6. The standard InChI is InChI=1S/C18H16F3N5O3S/c1-30(28,29)14-4-2-11(3-5-14)12-6-15(19)17(23-8-12)25-10-24-26(18(25)27)9-13(7-22)16(20)21/h2-6,8,10H,7,9,22H2,1H3. The normalized spacial score (nSPS) is 11.5. The summed E-state index contributed by atoms with van der Waals surface area (Å²) in [4.78, 5) is 16.4. The number of aromatic nitrogens is 4. The molecule has 8 nitrogen and oxygen atoms in total. The van der Waals surface area contributed by atoms with E-state index >= 15 is 0 Å². The second kappa shape index (κ2) is 8.24. The molecule has 158 valence electrons. The molecule has 3 rings (SSSR count). The van der Waals surface area contributed by atoms with E-state index in [1.165, 1.54) is 30.5 Å². The number of sulfone groups is 1. The molecule has 2 N–H and O–H groups in total. The lowest BCUT2D eigenvalue weighted by molar-refractivity contribution is 0.400. The van der Waals surface area contributed by atoms with Gasteiger partial charge in [-0.3, -0.25) is 0 Å². The summed E-state index contributed by atoms with van der Waals surface area (Å²) >= 11 is 0. The minimum absolute atomic E-state index is 0.117. The maximum absolute atomic E-state index is 14.6. The van der Waals surface area contributed by atoms with Gasteiger partial charge in [0.1, 0.15) is 6.33 Å². The van der Waals surface area contributed by atoms with E-state index in [4.69, 9.17) is 5.73 Å². The molecule has 0 spiro atoms. The van der Waals surface area contributed by atoms with Gasteiger partial charge in [-0.2, -0.15) is 13.9 Å². The molecule has 3 aromatic rings. The van der Waals surface area contributed by atoms with Crippen molar-refractivity contribution in [3.8, 4) is 16.9 Å². The second-order valence-electron chi connectivity index (χ2n) is 6.34. The van der Waals surface area contributed by atoms with Gasteiger partial charge >= 0.3 is 5.69 Å². The average molecular weight is 439 g/mol. The van der Waals surface area contributed by atoms with Crippen molar-refractivity contribution in [2.75, 3.05) is 12.8 Å². The molecule has 0 bridgehead atoms. The third-order valence-corrected chi connectivity index (χ3v) is 5.38. The molecule has 30 heavy (non-hydrogen) atoms. The highest BCUT2D eigenvalue weighted by atomic mass is 32.2. The zero-order valence-corrected chi connectivity index (χ0v) is 16.4. The van der Waals surface area contributed by atoms with Crippen LogP contribution in [0.3, 0.4) is 0 Å². The molecule has 2 heterocycles. The maximum atomic E-state index is 14.6. The number of benzene rings is 1. The van der Waals surface area contributed by atoms with Crippen LogP contribution in [0.25, 0.3) is 16.9 Å². The van der Waals surface area contributed by atoms with Crippen LogP contribution in [-0.2, 0) is 16.4 Å². The van der Waals surface area contributed by atoms with Crippen molar-refractivity contribution in [3.63, 3.8) is 0 Å². The Hall–Kier alpha value is -3.25. The monoisotopic (exact) mass is 439 g/mol. The summed E-state index contributed by atoms with van der Waals surface area (Å²) in [6, 6.07) is 6.90. The van der Waals surface area contributed by atoms with E-state index in [0.29, 0.717) is 11.1 Å². The predicted octanol–water partition coefficient (Wildman–Crippen LogP) is 1.75. The lowest BCUT2D eigenvalue weighted by Crippen LogP contribution is -2.27. The zero-order chi connectivity index (χ0) is 22.1. The Morgan fingerprint density at radius 2 is 1.83 bits per heavy atom. The van der Waals surface area contributed by atoms with Gasteiger partial charge in [-0.05, 0) is 23.8 Å². The van der Waals surface area contributed by atoms with Gasteiger partial charge in [-0.1, -0.05) is 12.1 Å². The van der Waals surface area contributed by atoms with Crippen LogP contribution in [-0.4, -0.2) is 40.5 Å². The van der Waals surface area contributed by atoms with E-state index < -0.39 is 46.1 Å². The quantitative estimate of drug-likeness (QED) is 0.626. The Bertz CT molecular complexity index is 1280. The summed E-state index contributed by atoms with van der Waals surface area (Å²) in [6.07, 6.45) is 1.34. The van der Waals surface area contributed by atoms with Gasteiger partial charge in [0.15, 0.2) is 21.5 Å². The highest BCUT2D eigenvalue weighted by Gasteiger charge is 2.16. The largest absolute Gasteiger partial charge is 0.351 e. The van der Waals surface area contributed by atoms with E-state index in [1.807, 2.05) is 0 Å². The van der Waals surface area contributed by atoms with Crippen molar-refractivity contribution in [2.45, 2.75) is 11.4 Å². The number of halogens is 3. The van der Waals surface area contributed by atoms with Crippen molar-refractivity contribution >= 4 is 9.84 Å². The van der Waals surface area contributed by atoms with E-state index in [9.17, 15) is 26.4 Å². The minimum Gasteiger partial charge on any atom is -0.327 e. The van der Waals surface area contributed by atoms with Gasteiger partial charge in [-0.25, -0.2) is 31.8 Å². The highest BCUT2D eigenvalue weighted by molar-refractivity contribution is 7.90. The smallest absolute Gasteiger partial charge is 0.327 e. The van der Waals surface area contributed by atoms with Crippen LogP contribution in [0.1, 0.15) is 0 Å². The van der Waals surface area contributed by atoms with Crippen molar-refractivity contribution in [2.24, 2.45) is 5.73 Å². The number of nitrogens with zero attached hydrogens (tertiary/aromatic N) is 4. The number of hydrogen-bond donors (Lipinski definition) is 1. The van der Waals surface area contributed by atoms with Crippen LogP contribution in [0.15, 0.2) is 64.2 Å². The molecule has 0 radical (unpaired) electrons. The fraction of sp³-hybridized carbons (Fsp3) is 0.167. The summed E-state index contributed by atoms with van der Waals surface area (Å²) in [5, 5.41) is 3.70. The first kappa shape index (κ1) is 21.5. The molecule has 0 fully saturated rings.